The summed E-state index contributed by atoms with van der Waals surface area (Å²) in [7, 11) is 0. The van der Waals surface area contributed by atoms with E-state index in [1.165, 1.54) is 29.2 Å². The Bertz CT molecular complexity index is 955. The molecule has 2 atom stereocenters. The highest BCUT2D eigenvalue weighted by Crippen LogP contribution is 2.25. The minimum Gasteiger partial charge on any atom is -0.491 e. The average Bonchev–Trinajstić information content (AvgIpc) is 3.14. The van der Waals surface area contributed by atoms with E-state index in [-0.39, 0.29) is 30.4 Å². The number of hydrogen-bond donors (Lipinski definition) is 0. The van der Waals surface area contributed by atoms with E-state index in [1.54, 1.807) is 20.8 Å². The Morgan fingerprint density at radius 3 is 2.34 bits per heavy atom. The van der Waals surface area contributed by atoms with Crippen molar-refractivity contribution in [2.45, 2.75) is 44.9 Å². The number of hydrogen-bond acceptors (Lipinski definition) is 7. The number of rotatable bonds is 6. The van der Waals surface area contributed by atoms with Gasteiger partial charge < -0.3 is 14.2 Å². The van der Waals surface area contributed by atoms with Crippen molar-refractivity contribution in [2.75, 3.05) is 13.2 Å². The molecular weight excluding hydrogens is 416 g/mol. The lowest BCUT2D eigenvalue weighted by Crippen LogP contribution is -2.42. The van der Waals surface area contributed by atoms with Crippen LogP contribution in [0.1, 0.15) is 37.6 Å². The first-order valence-electron chi connectivity index (χ1n) is 10.3. The molecule has 1 aliphatic heterocycles. The third-order valence-electron chi connectivity index (χ3n) is 4.78. The van der Waals surface area contributed by atoms with Gasteiger partial charge in [-0.15, -0.1) is 0 Å². The quantitative estimate of drug-likeness (QED) is 0.375. The van der Waals surface area contributed by atoms with Crippen molar-refractivity contribution in [3.05, 3.63) is 70.3 Å². The molecule has 0 spiro atoms. The van der Waals surface area contributed by atoms with Crippen molar-refractivity contribution in [3.8, 4) is 5.75 Å². The minimum absolute atomic E-state index is 0.114. The van der Waals surface area contributed by atoms with E-state index in [1.807, 2.05) is 30.3 Å². The lowest BCUT2D eigenvalue weighted by Gasteiger charge is -2.28. The molecule has 1 aliphatic rings. The second kappa shape index (κ2) is 9.67. The number of amides is 1. The van der Waals surface area contributed by atoms with Crippen LogP contribution in [0.2, 0.25) is 0 Å². The van der Waals surface area contributed by atoms with Crippen molar-refractivity contribution < 1.29 is 28.7 Å². The van der Waals surface area contributed by atoms with Gasteiger partial charge in [-0.25, -0.2) is 9.59 Å². The first-order valence-corrected chi connectivity index (χ1v) is 10.3. The highest BCUT2D eigenvalue weighted by atomic mass is 16.6. The number of esters is 1. The number of para-hydroxylation sites is 1. The summed E-state index contributed by atoms with van der Waals surface area (Å²) in [4.78, 5) is 37.0. The van der Waals surface area contributed by atoms with E-state index in [9.17, 15) is 19.7 Å². The first kappa shape index (κ1) is 23.1. The maximum Gasteiger partial charge on any atom is 0.410 e. The third-order valence-corrected chi connectivity index (χ3v) is 4.78. The SMILES string of the molecule is CC(C)(C)OC(=O)N1C[C@@H](OC(=O)c2ccc([N+](=O)[O-])cc2)C[C@H]1COc1ccccc1. The molecule has 1 saturated heterocycles. The van der Waals surface area contributed by atoms with Crippen LogP contribution < -0.4 is 4.74 Å². The molecule has 1 heterocycles. The number of benzene rings is 2. The summed E-state index contributed by atoms with van der Waals surface area (Å²) in [6, 6.07) is 14.0. The lowest BCUT2D eigenvalue weighted by molar-refractivity contribution is -0.384. The molecular formula is C23H26N2O7. The summed E-state index contributed by atoms with van der Waals surface area (Å²) < 4.78 is 16.9. The van der Waals surface area contributed by atoms with Crippen LogP contribution in [0, 0.1) is 10.1 Å². The summed E-state index contributed by atoms with van der Waals surface area (Å²) in [5, 5.41) is 10.8. The van der Waals surface area contributed by atoms with Crippen LogP contribution in [-0.4, -0.2) is 52.8 Å². The van der Waals surface area contributed by atoms with Crippen molar-refractivity contribution in [1.29, 1.82) is 0 Å². The standard InChI is InChI=1S/C23H26N2O7/c1-23(2,3)32-22(27)24-14-20(13-18(24)15-30-19-7-5-4-6-8-19)31-21(26)16-9-11-17(12-10-16)25(28)29/h4-12,18,20H,13-15H2,1-3H3/t18-,20-/m0/s1. The second-order valence-electron chi connectivity index (χ2n) is 8.48. The summed E-state index contributed by atoms with van der Waals surface area (Å²) in [6.07, 6.45) is -0.687. The lowest BCUT2D eigenvalue weighted by atomic mass is 10.2. The molecule has 9 heteroatoms. The third kappa shape index (κ3) is 6.19. The van der Waals surface area contributed by atoms with Crippen LogP contribution in [0.15, 0.2) is 54.6 Å². The fraction of sp³-hybridized carbons (Fsp3) is 0.391. The molecule has 32 heavy (non-hydrogen) atoms. The van der Waals surface area contributed by atoms with Gasteiger partial charge in [-0.3, -0.25) is 15.0 Å². The van der Waals surface area contributed by atoms with Crippen molar-refractivity contribution in [3.63, 3.8) is 0 Å². The fourth-order valence-electron chi connectivity index (χ4n) is 3.31. The van der Waals surface area contributed by atoms with E-state index < -0.39 is 28.7 Å². The zero-order valence-corrected chi connectivity index (χ0v) is 18.2. The Labute approximate surface area is 186 Å². The number of nitro benzene ring substituents is 1. The molecule has 3 rings (SSSR count). The van der Waals surface area contributed by atoms with Crippen LogP contribution >= 0.6 is 0 Å². The number of carbonyl (C=O) groups excluding carboxylic acids is 2. The Morgan fingerprint density at radius 2 is 1.75 bits per heavy atom. The molecule has 0 N–H and O–H groups in total. The van der Waals surface area contributed by atoms with E-state index >= 15 is 0 Å². The van der Waals surface area contributed by atoms with Crippen LogP contribution in [0.25, 0.3) is 0 Å². The predicted octanol–water partition coefficient (Wildman–Crippen LogP) is 4.21. The monoisotopic (exact) mass is 442 g/mol. The van der Waals surface area contributed by atoms with Gasteiger partial charge in [-0.1, -0.05) is 18.2 Å². The molecule has 0 saturated carbocycles. The Balaban J connectivity index is 1.67. The minimum atomic E-state index is -0.671. The highest BCUT2D eigenvalue weighted by molar-refractivity contribution is 5.89. The first-order chi connectivity index (χ1) is 15.1. The topological polar surface area (TPSA) is 108 Å². The number of nitro groups is 1. The predicted molar refractivity (Wildman–Crippen MR) is 116 cm³/mol. The molecule has 9 nitrogen and oxygen atoms in total. The Morgan fingerprint density at radius 1 is 1.09 bits per heavy atom. The number of ether oxygens (including phenoxy) is 3. The summed E-state index contributed by atoms with van der Waals surface area (Å²) in [6.45, 7) is 5.72. The summed E-state index contributed by atoms with van der Waals surface area (Å²) >= 11 is 0. The Kier molecular flexibility index (Phi) is 6.97. The van der Waals surface area contributed by atoms with Gasteiger partial charge in [0, 0.05) is 18.6 Å². The van der Waals surface area contributed by atoms with Gasteiger partial charge in [0.2, 0.25) is 0 Å². The summed E-state index contributed by atoms with van der Waals surface area (Å²) in [5.74, 6) is 0.0571. The maximum atomic E-state index is 12.7. The van der Waals surface area contributed by atoms with Crippen molar-refractivity contribution in [1.82, 2.24) is 4.90 Å². The van der Waals surface area contributed by atoms with E-state index in [0.717, 1.165) is 0 Å². The number of nitrogens with zero attached hydrogens (tertiary/aromatic N) is 2. The van der Waals surface area contributed by atoms with Gasteiger partial charge in [0.1, 0.15) is 24.1 Å². The van der Waals surface area contributed by atoms with E-state index in [0.29, 0.717) is 12.2 Å². The smallest absolute Gasteiger partial charge is 0.410 e. The van der Waals surface area contributed by atoms with Gasteiger partial charge in [-0.2, -0.15) is 0 Å². The molecule has 1 fully saturated rings. The van der Waals surface area contributed by atoms with Gasteiger partial charge >= 0.3 is 12.1 Å². The van der Waals surface area contributed by atoms with Crippen molar-refractivity contribution in [2.24, 2.45) is 0 Å². The molecule has 170 valence electrons. The second-order valence-corrected chi connectivity index (χ2v) is 8.48. The fourth-order valence-corrected chi connectivity index (χ4v) is 3.31. The number of likely N-dealkylation sites (tertiary alicyclic amines) is 1. The molecule has 2 aromatic rings. The molecule has 0 bridgehead atoms. The highest BCUT2D eigenvalue weighted by Gasteiger charge is 2.40. The molecule has 0 aromatic heterocycles. The zero-order chi connectivity index (χ0) is 23.3. The largest absolute Gasteiger partial charge is 0.491 e. The molecule has 0 unspecified atom stereocenters. The van der Waals surface area contributed by atoms with Gasteiger partial charge in [0.25, 0.3) is 5.69 Å². The van der Waals surface area contributed by atoms with Crippen LogP contribution in [0.3, 0.4) is 0 Å². The van der Waals surface area contributed by atoms with Crippen LogP contribution in [-0.2, 0) is 9.47 Å². The molecule has 2 aromatic carbocycles. The Hall–Kier alpha value is -3.62. The molecule has 1 amide bonds. The average molecular weight is 442 g/mol. The number of non-ortho nitro benzene ring substituents is 1. The van der Waals surface area contributed by atoms with Crippen molar-refractivity contribution >= 4 is 17.7 Å². The van der Waals surface area contributed by atoms with Gasteiger partial charge in [-0.05, 0) is 45.0 Å². The molecule has 0 radical (unpaired) electrons. The van der Waals surface area contributed by atoms with Crippen LogP contribution in [0.4, 0.5) is 10.5 Å². The van der Waals surface area contributed by atoms with Crippen LogP contribution in [0.5, 0.6) is 5.75 Å². The van der Waals surface area contributed by atoms with Gasteiger partial charge in [0.05, 0.1) is 23.1 Å². The molecule has 0 aliphatic carbocycles. The van der Waals surface area contributed by atoms with E-state index in [4.69, 9.17) is 14.2 Å². The normalized spacial score (nSPS) is 18.2. The summed E-state index contributed by atoms with van der Waals surface area (Å²) in [5.41, 5.74) is -0.588. The van der Waals surface area contributed by atoms with Gasteiger partial charge in [0.15, 0.2) is 0 Å². The van der Waals surface area contributed by atoms with E-state index in [2.05, 4.69) is 0 Å². The zero-order valence-electron chi connectivity index (χ0n) is 18.2. The maximum absolute atomic E-state index is 12.7. The number of carbonyl (C=O) groups is 2.